The summed E-state index contributed by atoms with van der Waals surface area (Å²) in [5, 5.41) is 0. The molecule has 0 aliphatic rings. The molecule has 0 atom stereocenters. The van der Waals surface area contributed by atoms with Gasteiger partial charge < -0.3 is 4.72 Å². The Labute approximate surface area is 58.8 Å². The Hall–Kier alpha value is -0.700. The quantitative estimate of drug-likeness (QED) is 0.634. The number of pyridine rings is 1. The smallest absolute Gasteiger partial charge is 0.135 e. The molecule has 0 unspecified atom stereocenters. The molecule has 0 saturated carbocycles. The highest BCUT2D eigenvalue weighted by molar-refractivity contribution is 8.01. The lowest BCUT2D eigenvalue weighted by Crippen LogP contribution is -1.84. The monoisotopic (exact) mass is 139 g/mol. The molecule has 2 nitrogen and oxygen atoms in total. The molecular weight excluding hydrogens is 132 g/mol. The summed E-state index contributed by atoms with van der Waals surface area (Å²) >= 11 is 1.29. The standard InChI is InChI=1S/C6H7N2S/c1-9-8-6-4-2-3-5-7-6/h2-5H,1H2,(H,7,8). The third-order valence-corrected chi connectivity index (χ3v) is 1.20. The summed E-state index contributed by atoms with van der Waals surface area (Å²) in [6.45, 7) is 0. The first-order chi connectivity index (χ1) is 4.43. The van der Waals surface area contributed by atoms with E-state index in [0.29, 0.717) is 0 Å². The maximum atomic E-state index is 4.00. The molecule has 1 aromatic heterocycles. The fourth-order valence-corrected chi connectivity index (χ4v) is 0.766. The van der Waals surface area contributed by atoms with Gasteiger partial charge >= 0.3 is 0 Å². The Morgan fingerprint density at radius 2 is 2.44 bits per heavy atom. The van der Waals surface area contributed by atoms with Crippen LogP contribution in [0, 0.1) is 6.26 Å². The van der Waals surface area contributed by atoms with Crippen molar-refractivity contribution in [2.45, 2.75) is 0 Å². The highest BCUT2D eigenvalue weighted by atomic mass is 32.2. The molecule has 47 valence electrons. The van der Waals surface area contributed by atoms with Gasteiger partial charge in [-0.05, 0) is 12.1 Å². The van der Waals surface area contributed by atoms with Crippen molar-refractivity contribution in [1.82, 2.24) is 4.98 Å². The zero-order valence-electron chi connectivity index (χ0n) is 4.87. The summed E-state index contributed by atoms with van der Waals surface area (Å²) in [4.78, 5) is 4.00. The molecule has 1 aromatic rings. The molecule has 1 N–H and O–H groups in total. The Morgan fingerprint density at radius 1 is 1.56 bits per heavy atom. The maximum absolute atomic E-state index is 4.00. The van der Waals surface area contributed by atoms with Crippen LogP contribution < -0.4 is 4.72 Å². The van der Waals surface area contributed by atoms with Crippen LogP contribution in [0.1, 0.15) is 0 Å². The summed E-state index contributed by atoms with van der Waals surface area (Å²) in [5.74, 6) is 0.845. The molecule has 0 fully saturated rings. The van der Waals surface area contributed by atoms with Gasteiger partial charge in [0.2, 0.25) is 0 Å². The van der Waals surface area contributed by atoms with Crippen molar-refractivity contribution >= 4 is 17.8 Å². The normalized spacial score (nSPS) is 9.00. The van der Waals surface area contributed by atoms with Gasteiger partial charge in [-0.3, -0.25) is 0 Å². The van der Waals surface area contributed by atoms with Crippen LogP contribution in [0.3, 0.4) is 0 Å². The molecule has 0 aromatic carbocycles. The molecule has 0 aliphatic heterocycles. The van der Waals surface area contributed by atoms with Crippen LogP contribution in [-0.4, -0.2) is 4.98 Å². The van der Waals surface area contributed by atoms with Gasteiger partial charge in [0, 0.05) is 12.5 Å². The van der Waals surface area contributed by atoms with Gasteiger partial charge in [-0.25, -0.2) is 4.98 Å². The second-order valence-electron chi connectivity index (χ2n) is 1.46. The number of aromatic nitrogens is 1. The summed E-state index contributed by atoms with van der Waals surface area (Å²) in [7, 11) is 0. The molecule has 0 bridgehead atoms. The van der Waals surface area contributed by atoms with Crippen LogP contribution in [0.15, 0.2) is 24.4 Å². The first kappa shape index (κ1) is 6.42. The minimum absolute atomic E-state index is 0.845. The lowest BCUT2D eigenvalue weighted by Gasteiger charge is -1.96. The van der Waals surface area contributed by atoms with Crippen LogP contribution in [0.4, 0.5) is 5.82 Å². The third kappa shape index (κ3) is 1.93. The topological polar surface area (TPSA) is 24.9 Å². The lowest BCUT2D eigenvalue weighted by molar-refractivity contribution is 1.34. The summed E-state index contributed by atoms with van der Waals surface area (Å²) in [5.41, 5.74) is 0. The highest BCUT2D eigenvalue weighted by Gasteiger charge is 1.84. The second-order valence-corrected chi connectivity index (χ2v) is 1.95. The van der Waals surface area contributed by atoms with E-state index in [4.69, 9.17) is 0 Å². The van der Waals surface area contributed by atoms with Gasteiger partial charge in [0.25, 0.3) is 0 Å². The number of nitrogens with one attached hydrogen (secondary N) is 1. The molecule has 0 spiro atoms. The van der Waals surface area contributed by atoms with Crippen LogP contribution in [0.5, 0.6) is 0 Å². The maximum Gasteiger partial charge on any atom is 0.135 e. The van der Waals surface area contributed by atoms with Gasteiger partial charge in [0.05, 0.1) is 0 Å². The van der Waals surface area contributed by atoms with E-state index in [0.717, 1.165) is 5.82 Å². The third-order valence-electron chi connectivity index (χ3n) is 0.842. The van der Waals surface area contributed by atoms with Crippen molar-refractivity contribution in [3.8, 4) is 0 Å². The van der Waals surface area contributed by atoms with E-state index in [1.165, 1.54) is 11.9 Å². The zero-order valence-corrected chi connectivity index (χ0v) is 5.69. The van der Waals surface area contributed by atoms with Crippen molar-refractivity contribution in [3.63, 3.8) is 0 Å². The second kappa shape index (κ2) is 3.35. The van der Waals surface area contributed by atoms with Gasteiger partial charge in [0.1, 0.15) is 5.82 Å². The lowest BCUT2D eigenvalue weighted by atomic mass is 10.5. The van der Waals surface area contributed by atoms with Crippen LogP contribution in [0.25, 0.3) is 0 Å². The SMILES string of the molecule is [CH2]SNc1ccccn1. The van der Waals surface area contributed by atoms with Crippen molar-refractivity contribution in [2.24, 2.45) is 0 Å². The van der Waals surface area contributed by atoms with Gasteiger partial charge in [0.15, 0.2) is 0 Å². The Bertz CT molecular complexity index is 164. The van der Waals surface area contributed by atoms with Crippen LogP contribution in [-0.2, 0) is 0 Å². The average Bonchev–Trinajstić information content (AvgIpc) is 1.91. The molecular formula is C6H7N2S. The van der Waals surface area contributed by atoms with E-state index in [1.807, 2.05) is 18.2 Å². The molecule has 0 saturated heterocycles. The molecule has 9 heavy (non-hydrogen) atoms. The Balaban J connectivity index is 2.61. The number of anilines is 1. The number of nitrogens with zero attached hydrogens (tertiary/aromatic N) is 1. The summed E-state index contributed by atoms with van der Waals surface area (Å²) in [6.07, 6.45) is 5.28. The molecule has 0 amide bonds. The number of rotatable bonds is 2. The highest BCUT2D eigenvalue weighted by Crippen LogP contribution is 2.04. The molecule has 1 rings (SSSR count). The average molecular weight is 139 g/mol. The van der Waals surface area contributed by atoms with E-state index in [9.17, 15) is 0 Å². The summed E-state index contributed by atoms with van der Waals surface area (Å²) < 4.78 is 2.90. The van der Waals surface area contributed by atoms with Gasteiger partial charge in [-0.15, -0.1) is 0 Å². The van der Waals surface area contributed by atoms with E-state index < -0.39 is 0 Å². The fraction of sp³-hybridized carbons (Fsp3) is 0. The minimum atomic E-state index is 0.845. The number of hydrogen-bond donors (Lipinski definition) is 1. The Kier molecular flexibility index (Phi) is 2.39. The van der Waals surface area contributed by atoms with Crippen LogP contribution >= 0.6 is 11.9 Å². The largest absolute Gasteiger partial charge is 0.314 e. The van der Waals surface area contributed by atoms with Crippen molar-refractivity contribution < 1.29 is 0 Å². The minimum Gasteiger partial charge on any atom is -0.314 e. The molecule has 1 heterocycles. The Morgan fingerprint density at radius 3 is 3.00 bits per heavy atom. The molecule has 3 heteroatoms. The molecule has 0 aliphatic carbocycles. The summed E-state index contributed by atoms with van der Waals surface area (Å²) in [6, 6.07) is 5.68. The van der Waals surface area contributed by atoms with Gasteiger partial charge in [-0.1, -0.05) is 18.0 Å². The first-order valence-electron chi connectivity index (χ1n) is 2.51. The van der Waals surface area contributed by atoms with Crippen molar-refractivity contribution in [3.05, 3.63) is 30.7 Å². The van der Waals surface area contributed by atoms with Crippen molar-refractivity contribution in [1.29, 1.82) is 0 Å². The van der Waals surface area contributed by atoms with Crippen molar-refractivity contribution in [2.75, 3.05) is 4.72 Å². The number of hydrogen-bond acceptors (Lipinski definition) is 3. The fourth-order valence-electron chi connectivity index (χ4n) is 0.497. The molecule has 1 radical (unpaired) electrons. The van der Waals surface area contributed by atoms with E-state index in [1.54, 1.807) is 6.20 Å². The van der Waals surface area contributed by atoms with Gasteiger partial charge in [-0.2, -0.15) is 0 Å². The van der Waals surface area contributed by atoms with E-state index >= 15 is 0 Å². The zero-order chi connectivity index (χ0) is 6.53. The van der Waals surface area contributed by atoms with Crippen LogP contribution in [0.2, 0.25) is 0 Å². The predicted molar refractivity (Wildman–Crippen MR) is 40.8 cm³/mol. The van der Waals surface area contributed by atoms with E-state index in [-0.39, 0.29) is 0 Å². The first-order valence-corrected chi connectivity index (χ1v) is 3.50. The predicted octanol–water partition coefficient (Wildman–Crippen LogP) is 1.93. The van der Waals surface area contributed by atoms with E-state index in [2.05, 4.69) is 16.0 Å².